The van der Waals surface area contributed by atoms with Crippen LogP contribution in [0.1, 0.15) is 34.6 Å². The van der Waals surface area contributed by atoms with Crippen LogP contribution in [0.15, 0.2) is 23.3 Å². The molecule has 0 aliphatic carbocycles. The molecular weight excluding hydrogens is 426 g/mol. The predicted octanol–water partition coefficient (Wildman–Crippen LogP) is 4.15. The number of nitrogens with zero attached hydrogens (tertiary/aromatic N) is 1. The van der Waals surface area contributed by atoms with Crippen molar-refractivity contribution in [2.45, 2.75) is 64.2 Å². The van der Waals surface area contributed by atoms with Gasteiger partial charge in [0, 0.05) is 17.6 Å². The Balaban J connectivity index is 2.20. The first-order valence-corrected chi connectivity index (χ1v) is 14.4. The van der Waals surface area contributed by atoms with Gasteiger partial charge in [0.05, 0.1) is 12.0 Å². The summed E-state index contributed by atoms with van der Waals surface area (Å²) in [5, 5.41) is -0.197. The Bertz CT molecular complexity index is 744. The number of hydrogen-bond acceptors (Lipinski definition) is 7. The lowest BCUT2D eigenvalue weighted by Crippen LogP contribution is -2.62. The molecule has 9 heteroatoms. The van der Waals surface area contributed by atoms with Crippen LogP contribution in [0.2, 0.25) is 18.1 Å². The fourth-order valence-corrected chi connectivity index (χ4v) is 6.75. The molecule has 0 saturated carbocycles. The third-order valence-electron chi connectivity index (χ3n) is 5.58. The Kier molecular flexibility index (Phi) is 7.52. The molecule has 1 amide bonds. The minimum atomic E-state index is -2.04. The molecule has 1 fully saturated rings. The maximum atomic E-state index is 13.0. The molecule has 0 N–H and O–H groups in total. The van der Waals surface area contributed by atoms with E-state index >= 15 is 0 Å². The molecule has 3 atom stereocenters. The van der Waals surface area contributed by atoms with E-state index in [9.17, 15) is 14.4 Å². The van der Waals surface area contributed by atoms with Crippen LogP contribution in [0.3, 0.4) is 0 Å². The van der Waals surface area contributed by atoms with Gasteiger partial charge in [0.25, 0.3) is 0 Å². The second-order valence-electron chi connectivity index (χ2n) is 8.76. The summed E-state index contributed by atoms with van der Waals surface area (Å²) in [5.41, 5.74) is 0.261. The lowest BCUT2D eigenvalue weighted by Gasteiger charge is -2.48. The molecule has 2 rings (SSSR count). The minimum absolute atomic E-state index is 0.0383. The molecular formula is C20H31NO5S2Si. The Labute approximate surface area is 183 Å². The van der Waals surface area contributed by atoms with Crippen LogP contribution >= 0.6 is 23.5 Å². The van der Waals surface area contributed by atoms with E-state index in [4.69, 9.17) is 9.16 Å². The van der Waals surface area contributed by atoms with E-state index in [2.05, 4.69) is 40.4 Å². The van der Waals surface area contributed by atoms with Gasteiger partial charge in [-0.1, -0.05) is 45.2 Å². The van der Waals surface area contributed by atoms with Gasteiger partial charge in [-0.25, -0.2) is 4.79 Å². The second-order valence-corrected chi connectivity index (χ2v) is 15.9. The van der Waals surface area contributed by atoms with Gasteiger partial charge in [-0.2, -0.15) is 0 Å². The van der Waals surface area contributed by atoms with Crippen LogP contribution in [-0.4, -0.2) is 54.0 Å². The number of thioether (sulfide) groups is 2. The van der Waals surface area contributed by atoms with Crippen LogP contribution in [0, 0.1) is 5.92 Å². The third kappa shape index (κ3) is 5.00. The number of hydrogen-bond donors (Lipinski definition) is 0. The van der Waals surface area contributed by atoms with Crippen LogP contribution in [-0.2, 0) is 23.5 Å². The van der Waals surface area contributed by atoms with Crippen molar-refractivity contribution in [1.82, 2.24) is 4.90 Å². The molecule has 0 spiro atoms. The molecule has 162 valence electrons. The Hall–Kier alpha value is -1.03. The van der Waals surface area contributed by atoms with E-state index in [1.54, 1.807) is 0 Å². The highest BCUT2D eigenvalue weighted by Crippen LogP contribution is 2.52. The Morgan fingerprint density at radius 2 is 2.00 bits per heavy atom. The lowest BCUT2D eigenvalue weighted by atomic mass is 9.92. The molecule has 0 unspecified atom stereocenters. The van der Waals surface area contributed by atoms with Gasteiger partial charge >= 0.3 is 5.97 Å². The molecule has 6 nitrogen and oxygen atoms in total. The first-order valence-electron chi connectivity index (χ1n) is 9.64. The Morgan fingerprint density at radius 1 is 1.38 bits per heavy atom. The SMILES string of the molecule is C=CCOC(=O)C1=C(CSC(C)=O)S[C@@H]2[C@@H]([C@@H](C)O[Si](C)(C)C(C)(C)C)C(=O)N12. The maximum Gasteiger partial charge on any atom is 0.356 e. The molecule has 0 aromatic heterocycles. The largest absolute Gasteiger partial charge is 0.457 e. The first-order chi connectivity index (χ1) is 13.3. The molecule has 1 saturated heterocycles. The van der Waals surface area contributed by atoms with E-state index in [1.165, 1.54) is 29.7 Å². The van der Waals surface area contributed by atoms with Gasteiger partial charge in [0.1, 0.15) is 17.7 Å². The van der Waals surface area contributed by atoms with Crippen molar-refractivity contribution in [2.75, 3.05) is 12.4 Å². The van der Waals surface area contributed by atoms with Gasteiger partial charge in [-0.3, -0.25) is 14.5 Å². The summed E-state index contributed by atoms with van der Waals surface area (Å²) in [4.78, 5) is 39.2. The van der Waals surface area contributed by atoms with Crippen molar-refractivity contribution >= 4 is 48.8 Å². The van der Waals surface area contributed by atoms with Gasteiger partial charge in [-0.15, -0.1) is 11.8 Å². The van der Waals surface area contributed by atoms with Gasteiger partial charge in [-0.05, 0) is 25.1 Å². The summed E-state index contributed by atoms with van der Waals surface area (Å²) in [6, 6.07) is 0. The summed E-state index contributed by atoms with van der Waals surface area (Å²) in [5.74, 6) is -0.648. The van der Waals surface area contributed by atoms with Crippen LogP contribution in [0.4, 0.5) is 0 Å². The first kappa shape index (κ1) is 24.2. The average Bonchev–Trinajstić information content (AvgIpc) is 2.90. The number of fused-ring (bicyclic) bond motifs is 1. The van der Waals surface area contributed by atoms with Crippen LogP contribution in [0.5, 0.6) is 0 Å². The highest BCUT2D eigenvalue weighted by Gasteiger charge is 2.59. The van der Waals surface area contributed by atoms with Gasteiger partial charge in [0.2, 0.25) is 5.91 Å². The fourth-order valence-electron chi connectivity index (χ4n) is 3.02. The molecule has 2 aliphatic heterocycles. The zero-order valence-corrected chi connectivity index (χ0v) is 20.9. The van der Waals surface area contributed by atoms with Crippen molar-refractivity contribution in [2.24, 2.45) is 5.92 Å². The number of carbonyl (C=O) groups is 3. The molecule has 0 aromatic carbocycles. The quantitative estimate of drug-likeness (QED) is 0.235. The third-order valence-corrected chi connectivity index (χ3v) is 12.5. The number of carbonyl (C=O) groups excluding carboxylic acids is 3. The summed E-state index contributed by atoms with van der Waals surface area (Å²) >= 11 is 2.59. The van der Waals surface area contributed by atoms with Crippen LogP contribution < -0.4 is 0 Å². The fraction of sp³-hybridized carbons (Fsp3) is 0.650. The van der Waals surface area contributed by atoms with Gasteiger partial charge in [0.15, 0.2) is 13.4 Å². The minimum Gasteiger partial charge on any atom is -0.457 e. The molecule has 0 aromatic rings. The Morgan fingerprint density at radius 3 is 2.52 bits per heavy atom. The summed E-state index contributed by atoms with van der Waals surface area (Å²) in [7, 11) is -2.04. The lowest BCUT2D eigenvalue weighted by molar-refractivity contribution is -0.157. The van der Waals surface area contributed by atoms with Crippen molar-refractivity contribution in [3.63, 3.8) is 0 Å². The van der Waals surface area contributed by atoms with Crippen molar-refractivity contribution in [1.29, 1.82) is 0 Å². The van der Waals surface area contributed by atoms with Crippen LogP contribution in [0.25, 0.3) is 0 Å². The molecule has 0 bridgehead atoms. The normalized spacial score (nSPS) is 22.9. The van der Waals surface area contributed by atoms with Crippen molar-refractivity contribution in [3.05, 3.63) is 23.3 Å². The topological polar surface area (TPSA) is 72.9 Å². The predicted molar refractivity (Wildman–Crippen MR) is 121 cm³/mol. The molecule has 29 heavy (non-hydrogen) atoms. The highest BCUT2D eigenvalue weighted by atomic mass is 32.2. The number of esters is 1. The summed E-state index contributed by atoms with van der Waals surface area (Å²) in [6.45, 7) is 17.9. The number of β-lactam (4-membered cyclic amide) rings is 1. The van der Waals surface area contributed by atoms with Gasteiger partial charge < -0.3 is 9.16 Å². The van der Waals surface area contributed by atoms with E-state index in [0.717, 1.165) is 11.8 Å². The smallest absolute Gasteiger partial charge is 0.356 e. The van der Waals surface area contributed by atoms with E-state index in [0.29, 0.717) is 10.7 Å². The second kappa shape index (κ2) is 8.99. The summed E-state index contributed by atoms with van der Waals surface area (Å²) in [6.07, 6.45) is 1.24. The van der Waals surface area contributed by atoms with Crippen molar-refractivity contribution in [3.8, 4) is 0 Å². The van der Waals surface area contributed by atoms with Crippen molar-refractivity contribution < 1.29 is 23.5 Å². The van der Waals surface area contributed by atoms with E-state index < -0.39 is 14.3 Å². The van der Waals surface area contributed by atoms with E-state index in [1.807, 2.05) is 6.92 Å². The zero-order chi connectivity index (χ0) is 22.1. The highest BCUT2D eigenvalue weighted by molar-refractivity contribution is 8.15. The van der Waals surface area contributed by atoms with E-state index in [-0.39, 0.29) is 45.8 Å². The average molecular weight is 458 g/mol. The number of amides is 1. The maximum absolute atomic E-state index is 13.0. The molecule has 2 heterocycles. The standard InChI is InChI=1S/C20H31NO5S2Si/c1-9-10-25-19(24)16-14(11-27-13(3)22)28-18-15(17(23)21(16)18)12(2)26-29(7,8)20(4,5)6/h9,12,15,18H,1,10-11H2,2-8H3/t12-,15+,18-/m1/s1. The molecule has 0 radical (unpaired) electrons. The number of rotatable bonds is 8. The summed E-state index contributed by atoms with van der Waals surface area (Å²) < 4.78 is 11.6. The monoisotopic (exact) mass is 457 g/mol. The zero-order valence-electron chi connectivity index (χ0n) is 18.2. The number of ether oxygens (including phenoxy) is 1. The molecule has 2 aliphatic rings.